The van der Waals surface area contributed by atoms with E-state index in [-0.39, 0.29) is 5.91 Å². The Bertz CT molecular complexity index is 496. The third-order valence-electron chi connectivity index (χ3n) is 4.76. The average molecular weight is 318 g/mol. The van der Waals surface area contributed by atoms with Crippen LogP contribution in [0, 0.1) is 12.8 Å². The Balaban J connectivity index is 1.63. The van der Waals surface area contributed by atoms with Crippen molar-refractivity contribution in [2.45, 2.75) is 45.6 Å². The van der Waals surface area contributed by atoms with Crippen molar-refractivity contribution in [3.63, 3.8) is 0 Å². The van der Waals surface area contributed by atoms with Crippen LogP contribution in [0.25, 0.3) is 0 Å². The predicted molar refractivity (Wildman–Crippen MR) is 93.4 cm³/mol. The summed E-state index contributed by atoms with van der Waals surface area (Å²) in [5.41, 5.74) is 2.44. The van der Waals surface area contributed by atoms with Crippen LogP contribution in [0.4, 0.5) is 0 Å². The molecule has 2 rings (SSSR count). The number of hydrogen-bond acceptors (Lipinski definition) is 3. The van der Waals surface area contributed by atoms with Crippen LogP contribution >= 0.6 is 0 Å². The largest absolute Gasteiger partial charge is 0.390 e. The molecule has 0 aliphatic carbocycles. The summed E-state index contributed by atoms with van der Waals surface area (Å²) in [6.45, 7) is 7.46. The van der Waals surface area contributed by atoms with Crippen LogP contribution in [0.1, 0.15) is 37.3 Å². The topological polar surface area (TPSA) is 52.6 Å². The normalized spacial score (nSPS) is 17.9. The molecule has 1 heterocycles. The number of carbonyl (C=O) groups is 1. The Hall–Kier alpha value is -1.39. The number of aliphatic hydroxyl groups excluding tert-OH is 1. The van der Waals surface area contributed by atoms with Gasteiger partial charge in [0.25, 0.3) is 0 Å². The van der Waals surface area contributed by atoms with Crippen LogP contribution in [-0.2, 0) is 11.2 Å². The molecule has 0 saturated carbocycles. The van der Waals surface area contributed by atoms with E-state index in [1.807, 2.05) is 12.1 Å². The summed E-state index contributed by atoms with van der Waals surface area (Å²) >= 11 is 0. The van der Waals surface area contributed by atoms with Gasteiger partial charge in [-0.3, -0.25) is 4.79 Å². The third-order valence-corrected chi connectivity index (χ3v) is 4.76. The Kier molecular flexibility index (Phi) is 7.06. The highest BCUT2D eigenvalue weighted by Gasteiger charge is 2.18. The fourth-order valence-corrected chi connectivity index (χ4v) is 3.07. The Morgan fingerprint density at radius 2 is 2.04 bits per heavy atom. The molecule has 1 aliphatic heterocycles. The lowest BCUT2D eigenvalue weighted by molar-refractivity contribution is -0.121. The van der Waals surface area contributed by atoms with Gasteiger partial charge in [-0.2, -0.15) is 0 Å². The van der Waals surface area contributed by atoms with Crippen molar-refractivity contribution in [2.24, 2.45) is 5.92 Å². The van der Waals surface area contributed by atoms with E-state index in [0.717, 1.165) is 25.4 Å². The SMILES string of the molecule is Cc1ccccc1CCC(=O)NCC(O)CN1CCC(C)CC1. The van der Waals surface area contributed by atoms with Crippen molar-refractivity contribution in [1.82, 2.24) is 10.2 Å². The summed E-state index contributed by atoms with van der Waals surface area (Å²) in [4.78, 5) is 14.2. The van der Waals surface area contributed by atoms with Gasteiger partial charge in [0.1, 0.15) is 0 Å². The van der Waals surface area contributed by atoms with Crippen LogP contribution in [0.2, 0.25) is 0 Å². The Morgan fingerprint density at radius 1 is 1.35 bits per heavy atom. The maximum atomic E-state index is 11.9. The third kappa shape index (κ3) is 6.32. The monoisotopic (exact) mass is 318 g/mol. The molecular weight excluding hydrogens is 288 g/mol. The van der Waals surface area contributed by atoms with Crippen LogP contribution in [0.15, 0.2) is 24.3 Å². The number of nitrogens with one attached hydrogen (secondary N) is 1. The van der Waals surface area contributed by atoms with Gasteiger partial charge in [0.05, 0.1) is 6.10 Å². The molecule has 1 atom stereocenters. The number of hydrogen-bond donors (Lipinski definition) is 2. The van der Waals surface area contributed by atoms with Crippen LogP contribution in [0.5, 0.6) is 0 Å². The number of piperidine rings is 1. The smallest absolute Gasteiger partial charge is 0.220 e. The summed E-state index contributed by atoms with van der Waals surface area (Å²) in [5, 5.41) is 12.9. The lowest BCUT2D eigenvalue weighted by Gasteiger charge is -2.31. The maximum absolute atomic E-state index is 11.9. The van der Waals surface area contributed by atoms with Crippen LogP contribution in [-0.4, -0.2) is 48.2 Å². The van der Waals surface area contributed by atoms with Crippen molar-refractivity contribution >= 4 is 5.91 Å². The molecule has 1 fully saturated rings. The number of aryl methyl sites for hydroxylation is 2. The molecule has 0 bridgehead atoms. The summed E-state index contributed by atoms with van der Waals surface area (Å²) < 4.78 is 0. The van der Waals surface area contributed by atoms with Gasteiger partial charge in [-0.15, -0.1) is 0 Å². The number of β-amino-alcohol motifs (C(OH)–C–C–N with tert-alkyl or cyclic N) is 1. The van der Waals surface area contributed by atoms with E-state index in [1.54, 1.807) is 0 Å². The standard InChI is InChI=1S/C19H30N2O2/c1-15-9-11-21(12-10-15)14-18(22)13-20-19(23)8-7-17-6-4-3-5-16(17)2/h3-6,15,18,22H,7-14H2,1-2H3,(H,20,23). The molecule has 4 heteroatoms. The number of amides is 1. The zero-order chi connectivity index (χ0) is 16.7. The molecule has 0 radical (unpaired) electrons. The quantitative estimate of drug-likeness (QED) is 0.810. The van der Waals surface area contributed by atoms with Crippen LogP contribution < -0.4 is 5.32 Å². The van der Waals surface area contributed by atoms with E-state index >= 15 is 0 Å². The fraction of sp³-hybridized carbons (Fsp3) is 0.632. The maximum Gasteiger partial charge on any atom is 0.220 e. The Labute approximate surface area is 139 Å². The van der Waals surface area contributed by atoms with E-state index in [2.05, 4.69) is 36.2 Å². The second-order valence-electron chi connectivity index (χ2n) is 6.87. The molecule has 1 amide bonds. The van der Waals surface area contributed by atoms with E-state index in [1.165, 1.54) is 24.0 Å². The molecular formula is C19H30N2O2. The van der Waals surface area contributed by atoms with Crippen LogP contribution in [0.3, 0.4) is 0 Å². The van der Waals surface area contributed by atoms with Gasteiger partial charge in [-0.05, 0) is 56.3 Å². The number of likely N-dealkylation sites (tertiary alicyclic amines) is 1. The number of carbonyl (C=O) groups excluding carboxylic acids is 1. The highest BCUT2D eigenvalue weighted by molar-refractivity contribution is 5.76. The summed E-state index contributed by atoms with van der Waals surface area (Å²) in [6, 6.07) is 8.14. The van der Waals surface area contributed by atoms with Gasteiger partial charge < -0.3 is 15.3 Å². The lowest BCUT2D eigenvalue weighted by Crippen LogP contribution is -2.43. The van der Waals surface area contributed by atoms with Gasteiger partial charge in [-0.25, -0.2) is 0 Å². The summed E-state index contributed by atoms with van der Waals surface area (Å²) in [6.07, 6.45) is 3.15. The molecule has 23 heavy (non-hydrogen) atoms. The molecule has 4 nitrogen and oxygen atoms in total. The summed E-state index contributed by atoms with van der Waals surface area (Å²) in [7, 11) is 0. The molecule has 0 aromatic heterocycles. The zero-order valence-corrected chi connectivity index (χ0v) is 14.4. The molecule has 1 aliphatic rings. The van der Waals surface area contributed by atoms with Crippen molar-refractivity contribution in [3.8, 4) is 0 Å². The molecule has 2 N–H and O–H groups in total. The first-order valence-electron chi connectivity index (χ1n) is 8.76. The van der Waals surface area contributed by atoms with Crippen molar-refractivity contribution in [1.29, 1.82) is 0 Å². The average Bonchev–Trinajstić information content (AvgIpc) is 2.54. The highest BCUT2D eigenvalue weighted by atomic mass is 16.3. The van der Waals surface area contributed by atoms with Gasteiger partial charge in [-0.1, -0.05) is 31.2 Å². The number of rotatable bonds is 7. The molecule has 1 aromatic rings. The minimum absolute atomic E-state index is 0.0135. The van der Waals surface area contributed by atoms with Crippen molar-refractivity contribution in [3.05, 3.63) is 35.4 Å². The molecule has 0 spiro atoms. The number of nitrogens with zero attached hydrogens (tertiary/aromatic N) is 1. The first kappa shape index (κ1) is 18.0. The Morgan fingerprint density at radius 3 is 2.74 bits per heavy atom. The summed E-state index contributed by atoms with van der Waals surface area (Å²) in [5.74, 6) is 0.809. The van der Waals surface area contributed by atoms with Crippen molar-refractivity contribution in [2.75, 3.05) is 26.2 Å². The second-order valence-corrected chi connectivity index (χ2v) is 6.87. The van der Waals surface area contributed by atoms with E-state index < -0.39 is 6.10 Å². The van der Waals surface area contributed by atoms with Gasteiger partial charge in [0.2, 0.25) is 5.91 Å². The first-order chi connectivity index (χ1) is 11.0. The van der Waals surface area contributed by atoms with E-state index in [4.69, 9.17) is 0 Å². The fourth-order valence-electron chi connectivity index (χ4n) is 3.07. The molecule has 1 unspecified atom stereocenters. The first-order valence-corrected chi connectivity index (χ1v) is 8.76. The van der Waals surface area contributed by atoms with Gasteiger partial charge >= 0.3 is 0 Å². The number of benzene rings is 1. The highest BCUT2D eigenvalue weighted by Crippen LogP contribution is 2.15. The minimum Gasteiger partial charge on any atom is -0.390 e. The molecule has 1 aromatic carbocycles. The van der Waals surface area contributed by atoms with E-state index in [0.29, 0.717) is 19.5 Å². The lowest BCUT2D eigenvalue weighted by atomic mass is 9.99. The van der Waals surface area contributed by atoms with E-state index in [9.17, 15) is 9.90 Å². The second kappa shape index (κ2) is 9.04. The minimum atomic E-state index is -0.481. The number of aliphatic hydroxyl groups is 1. The van der Waals surface area contributed by atoms with Gasteiger partial charge in [0.15, 0.2) is 0 Å². The predicted octanol–water partition coefficient (Wildman–Crippen LogP) is 2.14. The molecule has 1 saturated heterocycles. The molecule has 128 valence electrons. The zero-order valence-electron chi connectivity index (χ0n) is 14.4. The van der Waals surface area contributed by atoms with Crippen molar-refractivity contribution < 1.29 is 9.90 Å². The van der Waals surface area contributed by atoms with Gasteiger partial charge in [0, 0.05) is 19.5 Å².